The van der Waals surface area contributed by atoms with Crippen LogP contribution in [0, 0.1) is 0 Å². The number of H-pyrrole nitrogens is 1. The number of rotatable bonds is 6. The topological polar surface area (TPSA) is 128 Å². The summed E-state index contributed by atoms with van der Waals surface area (Å²) in [7, 11) is 1.55. The van der Waals surface area contributed by atoms with Gasteiger partial charge in [0.1, 0.15) is 10.5 Å². The van der Waals surface area contributed by atoms with Gasteiger partial charge in [0.05, 0.1) is 23.7 Å². The van der Waals surface area contributed by atoms with Crippen molar-refractivity contribution in [3.63, 3.8) is 0 Å². The second-order valence-corrected chi connectivity index (χ2v) is 6.55. The third kappa shape index (κ3) is 3.94. The molecule has 3 aromatic rings. The first-order valence-corrected chi connectivity index (χ1v) is 8.70. The fraction of sp³-hybridized carbons (Fsp3) is 0.286. The first kappa shape index (κ1) is 17.3. The van der Waals surface area contributed by atoms with E-state index >= 15 is 0 Å². The molecule has 0 aliphatic carbocycles. The molecule has 25 heavy (non-hydrogen) atoms. The number of aromatic nitrogens is 6. The van der Waals surface area contributed by atoms with Gasteiger partial charge in [0.25, 0.3) is 0 Å². The summed E-state index contributed by atoms with van der Waals surface area (Å²) in [6.07, 6.45) is 3.94. The Labute approximate surface area is 153 Å². The Hall–Kier alpha value is -2.53. The van der Waals surface area contributed by atoms with Crippen LogP contribution in [-0.4, -0.2) is 47.3 Å². The first-order valence-electron chi connectivity index (χ1n) is 7.41. The van der Waals surface area contributed by atoms with Crippen molar-refractivity contribution in [3.8, 4) is 5.88 Å². The summed E-state index contributed by atoms with van der Waals surface area (Å²) < 4.78 is 5.09. The number of hydrogen-bond donors (Lipinski definition) is 3. The quantitative estimate of drug-likeness (QED) is 0.334. The first-order chi connectivity index (χ1) is 12.1. The normalized spacial score (nSPS) is 12.1. The molecular weight excluding hydrogens is 360 g/mol. The van der Waals surface area contributed by atoms with Gasteiger partial charge in [-0.3, -0.25) is 0 Å². The lowest BCUT2D eigenvalue weighted by molar-refractivity contribution is 0.397. The highest BCUT2D eigenvalue weighted by Gasteiger charge is 2.19. The molecule has 3 rings (SSSR count). The number of nitrogens with zero attached hydrogens (tertiary/aromatic N) is 5. The molecule has 1 atom stereocenters. The number of imidazole rings is 1. The van der Waals surface area contributed by atoms with Crippen molar-refractivity contribution >= 4 is 52.0 Å². The molecule has 0 radical (unpaired) electrons. The Kier molecular flexibility index (Phi) is 5.24. The van der Waals surface area contributed by atoms with Crippen LogP contribution in [0.4, 0.5) is 11.9 Å². The van der Waals surface area contributed by atoms with E-state index in [4.69, 9.17) is 22.7 Å². The number of anilines is 2. The van der Waals surface area contributed by atoms with Crippen molar-refractivity contribution < 1.29 is 4.74 Å². The lowest BCUT2D eigenvalue weighted by Crippen LogP contribution is -2.24. The number of nitrogen functional groups attached to an aromatic ring is 1. The predicted octanol–water partition coefficient (Wildman–Crippen LogP) is 2.04. The van der Waals surface area contributed by atoms with E-state index in [1.54, 1.807) is 25.7 Å². The number of nitrogens with two attached hydrogens (primary N) is 1. The molecule has 0 saturated heterocycles. The number of thioether (sulfide) groups is 1. The molecule has 0 saturated carbocycles. The summed E-state index contributed by atoms with van der Waals surface area (Å²) in [6, 6.07) is 1.67. The third-order valence-electron chi connectivity index (χ3n) is 3.26. The molecule has 0 bridgehead atoms. The summed E-state index contributed by atoms with van der Waals surface area (Å²) in [4.78, 5) is 24.5. The average molecular weight is 376 g/mol. The van der Waals surface area contributed by atoms with Gasteiger partial charge in [-0.2, -0.15) is 9.97 Å². The minimum absolute atomic E-state index is 0.0504. The van der Waals surface area contributed by atoms with E-state index in [2.05, 4.69) is 35.2 Å². The summed E-state index contributed by atoms with van der Waals surface area (Å²) in [5, 5.41) is 3.70. The van der Waals surface area contributed by atoms with Gasteiger partial charge >= 0.3 is 0 Å². The van der Waals surface area contributed by atoms with E-state index in [9.17, 15) is 0 Å². The molecule has 0 amide bonds. The van der Waals surface area contributed by atoms with Crippen molar-refractivity contribution in [2.75, 3.05) is 18.2 Å². The lowest BCUT2D eigenvalue weighted by atomic mass is 10.3. The monoisotopic (exact) mass is 376 g/mol. The molecule has 0 spiro atoms. The van der Waals surface area contributed by atoms with E-state index < -0.39 is 0 Å². The number of hydrogen-bond acceptors (Lipinski definition) is 9. The zero-order valence-electron chi connectivity index (χ0n) is 13.6. The predicted molar refractivity (Wildman–Crippen MR) is 101 cm³/mol. The Morgan fingerprint density at radius 2 is 2.24 bits per heavy atom. The number of nitrogens with one attached hydrogen (secondary N) is 2. The van der Waals surface area contributed by atoms with E-state index in [0.717, 1.165) is 11.9 Å². The number of ether oxygens (including phenoxy) is 1. The van der Waals surface area contributed by atoms with Gasteiger partial charge in [-0.15, -0.1) is 0 Å². The summed E-state index contributed by atoms with van der Waals surface area (Å²) >= 11 is 7.00. The second kappa shape index (κ2) is 7.57. The number of aromatic amines is 1. The zero-order valence-corrected chi connectivity index (χ0v) is 15.2. The third-order valence-corrected chi connectivity index (χ3v) is 5.17. The lowest BCUT2D eigenvalue weighted by Gasteiger charge is -2.16. The van der Waals surface area contributed by atoms with Crippen LogP contribution in [0.5, 0.6) is 5.88 Å². The molecule has 3 heterocycles. The average Bonchev–Trinajstić information content (AvgIpc) is 3.07. The van der Waals surface area contributed by atoms with E-state index in [-0.39, 0.29) is 11.2 Å². The molecule has 3 aromatic heterocycles. The highest BCUT2D eigenvalue weighted by Crippen LogP contribution is 2.30. The molecule has 0 unspecified atom stereocenters. The zero-order chi connectivity index (χ0) is 17.8. The number of thiocarbonyl (C=S) groups is 1. The van der Waals surface area contributed by atoms with Crippen molar-refractivity contribution in [3.05, 3.63) is 18.6 Å². The molecule has 11 heteroatoms. The van der Waals surface area contributed by atoms with Crippen LogP contribution in [-0.2, 0) is 0 Å². The molecule has 9 nitrogen and oxygen atoms in total. The van der Waals surface area contributed by atoms with Gasteiger partial charge < -0.3 is 20.8 Å². The largest absolute Gasteiger partial charge is 0.481 e. The van der Waals surface area contributed by atoms with Crippen molar-refractivity contribution in [2.45, 2.75) is 23.6 Å². The highest BCUT2D eigenvalue weighted by molar-refractivity contribution is 8.02. The molecule has 4 N–H and O–H groups in total. The van der Waals surface area contributed by atoms with Crippen LogP contribution in [0.1, 0.15) is 13.3 Å². The summed E-state index contributed by atoms with van der Waals surface area (Å²) in [5.74, 6) is 1.02. The molecule has 130 valence electrons. The summed E-state index contributed by atoms with van der Waals surface area (Å²) in [6.45, 7) is 2.03. The van der Waals surface area contributed by atoms with Gasteiger partial charge in [-0.05, 0) is 6.42 Å². The van der Waals surface area contributed by atoms with Crippen LogP contribution in [0.3, 0.4) is 0 Å². The van der Waals surface area contributed by atoms with Crippen LogP contribution in [0.2, 0.25) is 0 Å². The summed E-state index contributed by atoms with van der Waals surface area (Å²) in [5.41, 5.74) is 7.02. The van der Waals surface area contributed by atoms with Gasteiger partial charge in [0, 0.05) is 12.3 Å². The molecule has 0 aromatic carbocycles. The fourth-order valence-electron chi connectivity index (χ4n) is 2.07. The van der Waals surface area contributed by atoms with Crippen molar-refractivity contribution in [1.82, 2.24) is 29.9 Å². The standard InChI is InChI=1S/C14H16N8OS2/c1-3-7(11(24)21-14-16-5-4-8(19-14)23-2)25-12-9-10(18-6-17-9)20-13(15)22-12/h4-7H,3H2,1-2H3,(H,16,19,21,24)(H3,15,17,18,20,22)/t7-/m0/s1. The maximum atomic E-state index is 5.76. The SMILES string of the molecule is CC[C@H](Sc1nc(N)nc2nc[nH]c12)C(=S)Nc1nccc(OC)n1. The molecule has 0 aliphatic heterocycles. The van der Waals surface area contributed by atoms with E-state index in [1.807, 2.05) is 6.92 Å². The maximum Gasteiger partial charge on any atom is 0.230 e. The van der Waals surface area contributed by atoms with Crippen molar-refractivity contribution in [2.24, 2.45) is 0 Å². The Balaban J connectivity index is 1.79. The fourth-order valence-corrected chi connectivity index (χ4v) is 3.49. The van der Waals surface area contributed by atoms with Crippen LogP contribution >= 0.6 is 24.0 Å². The number of methoxy groups -OCH3 is 1. The van der Waals surface area contributed by atoms with Gasteiger partial charge in [-0.1, -0.05) is 30.9 Å². The Bertz CT molecular complexity index is 899. The Morgan fingerprint density at radius 3 is 3.00 bits per heavy atom. The van der Waals surface area contributed by atoms with Gasteiger partial charge in [0.2, 0.25) is 17.8 Å². The van der Waals surface area contributed by atoms with Crippen LogP contribution < -0.4 is 15.8 Å². The highest BCUT2D eigenvalue weighted by atomic mass is 32.2. The van der Waals surface area contributed by atoms with Crippen molar-refractivity contribution in [1.29, 1.82) is 0 Å². The van der Waals surface area contributed by atoms with Crippen LogP contribution in [0.25, 0.3) is 11.2 Å². The minimum atomic E-state index is -0.0504. The number of fused-ring (bicyclic) bond motifs is 1. The maximum absolute atomic E-state index is 5.76. The molecule has 0 fully saturated rings. The van der Waals surface area contributed by atoms with E-state index in [0.29, 0.717) is 27.5 Å². The second-order valence-electron chi connectivity index (χ2n) is 4.91. The smallest absolute Gasteiger partial charge is 0.230 e. The van der Waals surface area contributed by atoms with Gasteiger partial charge in [0.15, 0.2) is 5.65 Å². The Morgan fingerprint density at radius 1 is 1.40 bits per heavy atom. The molecular formula is C14H16N8OS2. The van der Waals surface area contributed by atoms with Gasteiger partial charge in [-0.25, -0.2) is 15.0 Å². The molecule has 0 aliphatic rings. The van der Waals surface area contributed by atoms with E-state index in [1.165, 1.54) is 11.8 Å². The minimum Gasteiger partial charge on any atom is -0.481 e. The van der Waals surface area contributed by atoms with Crippen LogP contribution in [0.15, 0.2) is 23.6 Å².